The Kier molecular flexibility index (Phi) is 5.51. The number of benzene rings is 2. The predicted octanol–water partition coefficient (Wildman–Crippen LogP) is 3.21. The fourth-order valence-corrected chi connectivity index (χ4v) is 2.92. The molecular formula is C19H21ClN4O3. The number of tetrazole rings is 1. The Balaban J connectivity index is 2.02. The molecule has 0 saturated heterocycles. The molecule has 3 aromatic rings. The highest BCUT2D eigenvalue weighted by Crippen LogP contribution is 2.30. The number of hydrogen-bond acceptors (Lipinski definition) is 5. The normalized spacial score (nSPS) is 10.9. The second kappa shape index (κ2) is 7.84. The van der Waals surface area contributed by atoms with Crippen LogP contribution in [0.1, 0.15) is 23.6 Å². The molecule has 0 radical (unpaired) electrons. The number of halogens is 1. The van der Waals surface area contributed by atoms with E-state index in [1.165, 1.54) is 9.36 Å². The van der Waals surface area contributed by atoms with Crippen LogP contribution in [-0.4, -0.2) is 26.4 Å². The van der Waals surface area contributed by atoms with Crippen molar-refractivity contribution in [1.82, 2.24) is 19.8 Å². The van der Waals surface area contributed by atoms with Crippen molar-refractivity contribution in [1.29, 1.82) is 0 Å². The molecule has 0 aliphatic heterocycles. The molecule has 0 bridgehead atoms. The summed E-state index contributed by atoms with van der Waals surface area (Å²) in [4.78, 5) is 12.3. The van der Waals surface area contributed by atoms with Gasteiger partial charge in [0.2, 0.25) is 0 Å². The molecule has 0 N–H and O–H groups in total. The number of aryl methyl sites for hydroxylation is 3. The molecule has 142 valence electrons. The van der Waals surface area contributed by atoms with E-state index in [1.54, 1.807) is 25.2 Å². The molecule has 1 heterocycles. The first-order chi connectivity index (χ1) is 12.9. The van der Waals surface area contributed by atoms with E-state index in [-0.39, 0.29) is 12.3 Å². The van der Waals surface area contributed by atoms with Gasteiger partial charge < -0.3 is 9.47 Å². The number of hydrogen-bond donors (Lipinski definition) is 0. The quantitative estimate of drug-likeness (QED) is 0.648. The van der Waals surface area contributed by atoms with Crippen LogP contribution in [0.3, 0.4) is 0 Å². The molecule has 27 heavy (non-hydrogen) atoms. The van der Waals surface area contributed by atoms with E-state index < -0.39 is 0 Å². The third-order valence-electron chi connectivity index (χ3n) is 4.19. The van der Waals surface area contributed by atoms with E-state index in [4.69, 9.17) is 21.1 Å². The van der Waals surface area contributed by atoms with E-state index in [9.17, 15) is 4.79 Å². The molecule has 3 rings (SSSR count). The lowest BCUT2D eigenvalue weighted by Crippen LogP contribution is -2.23. The Morgan fingerprint density at radius 3 is 2.52 bits per heavy atom. The maximum Gasteiger partial charge on any atom is 0.368 e. The standard InChI is InChI=1S/C19H21ClN4O3/c1-5-26-17-8-6-7-16(24-19(25)23(4)21-22-24)14(17)11-27-18-10-15(20)12(2)9-13(18)3/h6-10H,5,11H2,1-4H3. The lowest BCUT2D eigenvalue weighted by atomic mass is 10.1. The van der Waals surface area contributed by atoms with Gasteiger partial charge in [-0.3, -0.25) is 0 Å². The molecule has 1 aromatic heterocycles. The summed E-state index contributed by atoms with van der Waals surface area (Å²) in [6.07, 6.45) is 0. The SMILES string of the molecule is CCOc1cccc(-n2nnn(C)c2=O)c1COc1cc(Cl)c(C)cc1C. The van der Waals surface area contributed by atoms with Gasteiger partial charge in [-0.25, -0.2) is 4.79 Å². The zero-order valence-electron chi connectivity index (χ0n) is 15.7. The van der Waals surface area contributed by atoms with Gasteiger partial charge >= 0.3 is 5.69 Å². The van der Waals surface area contributed by atoms with Crippen molar-refractivity contribution < 1.29 is 9.47 Å². The molecule has 0 saturated carbocycles. The molecular weight excluding hydrogens is 368 g/mol. The van der Waals surface area contributed by atoms with E-state index in [2.05, 4.69) is 10.4 Å². The van der Waals surface area contributed by atoms with Crippen LogP contribution < -0.4 is 15.2 Å². The lowest BCUT2D eigenvalue weighted by molar-refractivity contribution is 0.284. The zero-order valence-corrected chi connectivity index (χ0v) is 16.4. The van der Waals surface area contributed by atoms with Gasteiger partial charge in [-0.15, -0.1) is 0 Å². The van der Waals surface area contributed by atoms with Crippen LogP contribution in [0.5, 0.6) is 11.5 Å². The van der Waals surface area contributed by atoms with Gasteiger partial charge in [-0.1, -0.05) is 23.7 Å². The molecule has 0 atom stereocenters. The van der Waals surface area contributed by atoms with Crippen LogP contribution in [0.25, 0.3) is 5.69 Å². The molecule has 0 unspecified atom stereocenters. The van der Waals surface area contributed by atoms with Gasteiger partial charge in [-0.05, 0) is 60.5 Å². The summed E-state index contributed by atoms with van der Waals surface area (Å²) in [5, 5.41) is 8.35. The Morgan fingerprint density at radius 1 is 1.07 bits per heavy atom. The highest BCUT2D eigenvalue weighted by molar-refractivity contribution is 6.31. The number of rotatable bonds is 6. The van der Waals surface area contributed by atoms with Crippen molar-refractivity contribution in [2.24, 2.45) is 7.05 Å². The van der Waals surface area contributed by atoms with E-state index >= 15 is 0 Å². The minimum absolute atomic E-state index is 0.189. The average Bonchev–Trinajstić information content (AvgIpc) is 2.97. The molecule has 8 heteroatoms. The number of ether oxygens (including phenoxy) is 2. The van der Waals surface area contributed by atoms with E-state index in [1.807, 2.05) is 32.9 Å². The topological polar surface area (TPSA) is 71.2 Å². The van der Waals surface area contributed by atoms with Crippen LogP contribution >= 0.6 is 11.6 Å². The molecule has 7 nitrogen and oxygen atoms in total. The third kappa shape index (κ3) is 3.83. The largest absolute Gasteiger partial charge is 0.493 e. The smallest absolute Gasteiger partial charge is 0.368 e. The zero-order chi connectivity index (χ0) is 19.6. The first-order valence-electron chi connectivity index (χ1n) is 8.56. The Labute approximate surface area is 162 Å². The van der Waals surface area contributed by atoms with Gasteiger partial charge in [0.05, 0.1) is 17.9 Å². The first kappa shape index (κ1) is 19.0. The monoisotopic (exact) mass is 388 g/mol. The van der Waals surface area contributed by atoms with Gasteiger partial charge in [0.15, 0.2) is 0 Å². The summed E-state index contributed by atoms with van der Waals surface area (Å²) >= 11 is 6.23. The maximum atomic E-state index is 12.3. The van der Waals surface area contributed by atoms with Gasteiger partial charge in [0.25, 0.3) is 0 Å². The molecule has 0 fully saturated rings. The highest BCUT2D eigenvalue weighted by atomic mass is 35.5. The predicted molar refractivity (Wildman–Crippen MR) is 103 cm³/mol. The number of aromatic nitrogens is 4. The summed E-state index contributed by atoms with van der Waals surface area (Å²) < 4.78 is 14.2. The minimum Gasteiger partial charge on any atom is -0.493 e. The fraction of sp³-hybridized carbons (Fsp3) is 0.316. The second-order valence-corrected chi connectivity index (χ2v) is 6.55. The fourth-order valence-electron chi connectivity index (χ4n) is 2.77. The second-order valence-electron chi connectivity index (χ2n) is 6.14. The first-order valence-corrected chi connectivity index (χ1v) is 8.93. The van der Waals surface area contributed by atoms with Crippen molar-refractivity contribution in [3.63, 3.8) is 0 Å². The summed E-state index contributed by atoms with van der Waals surface area (Å²) in [6, 6.07) is 9.19. The van der Waals surface area contributed by atoms with Crippen molar-refractivity contribution in [3.05, 3.63) is 62.5 Å². The molecule has 0 spiro atoms. The highest BCUT2D eigenvalue weighted by Gasteiger charge is 2.17. The van der Waals surface area contributed by atoms with Gasteiger partial charge in [0, 0.05) is 12.1 Å². The minimum atomic E-state index is -0.348. The van der Waals surface area contributed by atoms with Crippen LogP contribution in [0.4, 0.5) is 0 Å². The van der Waals surface area contributed by atoms with Gasteiger partial charge in [0.1, 0.15) is 18.1 Å². The summed E-state index contributed by atoms with van der Waals surface area (Å²) in [5.41, 5.74) is 2.89. The van der Waals surface area contributed by atoms with Crippen molar-refractivity contribution in [2.45, 2.75) is 27.4 Å². The third-order valence-corrected chi connectivity index (χ3v) is 4.59. The Hall–Kier alpha value is -2.80. The van der Waals surface area contributed by atoms with Crippen LogP contribution in [-0.2, 0) is 13.7 Å². The molecule has 0 aliphatic carbocycles. The summed E-state index contributed by atoms with van der Waals surface area (Å²) in [5.74, 6) is 1.30. The molecule has 0 aliphatic rings. The molecule has 0 amide bonds. The Morgan fingerprint density at radius 2 is 1.85 bits per heavy atom. The van der Waals surface area contributed by atoms with Crippen molar-refractivity contribution in [3.8, 4) is 17.2 Å². The van der Waals surface area contributed by atoms with Crippen LogP contribution in [0, 0.1) is 13.8 Å². The lowest BCUT2D eigenvalue weighted by Gasteiger charge is -2.16. The average molecular weight is 389 g/mol. The maximum absolute atomic E-state index is 12.3. The van der Waals surface area contributed by atoms with Crippen LogP contribution in [0.15, 0.2) is 35.1 Å². The summed E-state index contributed by atoms with van der Waals surface area (Å²) in [7, 11) is 1.55. The van der Waals surface area contributed by atoms with Gasteiger partial charge in [-0.2, -0.15) is 9.36 Å². The van der Waals surface area contributed by atoms with E-state index in [0.717, 1.165) is 11.1 Å². The van der Waals surface area contributed by atoms with Crippen LogP contribution in [0.2, 0.25) is 5.02 Å². The van der Waals surface area contributed by atoms with Crippen molar-refractivity contribution in [2.75, 3.05) is 6.61 Å². The van der Waals surface area contributed by atoms with E-state index in [0.29, 0.717) is 34.4 Å². The Bertz CT molecular complexity index is 1030. The molecule has 2 aromatic carbocycles. The number of nitrogens with zero attached hydrogens (tertiary/aromatic N) is 4. The van der Waals surface area contributed by atoms with Crippen molar-refractivity contribution >= 4 is 11.6 Å². The summed E-state index contributed by atoms with van der Waals surface area (Å²) in [6.45, 7) is 6.48.